The number of phenolic OH excluding ortho intramolecular Hbond substituents is 1. The van der Waals surface area contributed by atoms with Crippen LogP contribution in [0.15, 0.2) is 18.2 Å². The third kappa shape index (κ3) is 2.32. The molecule has 0 aliphatic heterocycles. The van der Waals surface area contributed by atoms with Crippen molar-refractivity contribution in [3.05, 3.63) is 29.3 Å². The summed E-state index contributed by atoms with van der Waals surface area (Å²) in [7, 11) is 0. The fourth-order valence-corrected chi connectivity index (χ4v) is 2.72. The number of rotatable bonds is 3. The quantitative estimate of drug-likeness (QED) is 0.913. The first-order chi connectivity index (χ1) is 9.02. The zero-order valence-electron chi connectivity index (χ0n) is 10.6. The third-order valence-electron chi connectivity index (χ3n) is 3.93. The molecule has 0 aromatic heterocycles. The zero-order chi connectivity index (χ0) is 14.0. The molecule has 1 unspecified atom stereocenters. The Hall–Kier alpha value is -1.91. The molecule has 0 saturated carbocycles. The molecule has 1 N–H and O–H groups in total. The van der Waals surface area contributed by atoms with Gasteiger partial charge in [-0.15, -0.1) is 0 Å². The van der Waals surface area contributed by atoms with E-state index in [0.717, 1.165) is 5.56 Å². The lowest BCUT2D eigenvalue weighted by Gasteiger charge is -2.34. The molecule has 19 heavy (non-hydrogen) atoms. The predicted octanol–water partition coefficient (Wildman–Crippen LogP) is 2.74. The normalized spacial score (nSPS) is 21.9. The van der Waals surface area contributed by atoms with Crippen LogP contribution in [0.5, 0.6) is 5.75 Å². The maximum absolute atomic E-state index is 12.5. The highest BCUT2D eigenvalue weighted by Crippen LogP contribution is 2.42. The first-order valence-electron chi connectivity index (χ1n) is 6.20. The maximum atomic E-state index is 12.5. The van der Waals surface area contributed by atoms with Gasteiger partial charge in [0.05, 0.1) is 6.42 Å². The molecule has 0 bridgehead atoms. The van der Waals surface area contributed by atoms with Crippen molar-refractivity contribution in [2.75, 3.05) is 0 Å². The molecule has 0 spiro atoms. The molecule has 1 atom stereocenters. The Morgan fingerprint density at radius 3 is 2.89 bits per heavy atom. The van der Waals surface area contributed by atoms with E-state index in [9.17, 15) is 19.2 Å². The van der Waals surface area contributed by atoms with Crippen LogP contribution >= 0.6 is 0 Å². The Morgan fingerprint density at radius 2 is 2.26 bits per heavy atom. The average molecular weight is 266 g/mol. The summed E-state index contributed by atoms with van der Waals surface area (Å²) >= 11 is 0. The molecule has 0 radical (unpaired) electrons. The van der Waals surface area contributed by atoms with Crippen LogP contribution in [0, 0.1) is 5.41 Å². The summed E-state index contributed by atoms with van der Waals surface area (Å²) in [6.07, 6.45) is 1.22. The summed E-state index contributed by atoms with van der Waals surface area (Å²) in [4.78, 5) is 26.9. The van der Waals surface area contributed by atoms with E-state index in [4.69, 9.17) is 0 Å². The van der Waals surface area contributed by atoms with E-state index in [1.54, 1.807) is 19.1 Å². The molecule has 0 amide bonds. The number of Topliss-reactive ketones (excluding diaryl/α,β-unsaturated/α-hetero) is 1. The minimum Gasteiger partial charge on any atom is -0.508 e. The fourth-order valence-electron chi connectivity index (χ4n) is 2.72. The third-order valence-corrected chi connectivity index (χ3v) is 3.93. The van der Waals surface area contributed by atoms with Crippen molar-refractivity contribution in [3.8, 4) is 5.75 Å². The molecule has 1 aliphatic carbocycles. The van der Waals surface area contributed by atoms with Crippen LogP contribution in [0.1, 0.15) is 42.1 Å². The van der Waals surface area contributed by atoms with Crippen molar-refractivity contribution in [1.29, 1.82) is 0 Å². The molecule has 0 saturated heterocycles. The molecule has 4 nitrogen and oxygen atoms in total. The Balaban J connectivity index is 2.38. The smallest absolute Gasteiger partial charge is 0.349 e. The minimum atomic E-state index is -1.02. The van der Waals surface area contributed by atoms with E-state index in [0.29, 0.717) is 24.8 Å². The molecule has 0 fully saturated rings. The predicted molar refractivity (Wildman–Crippen MR) is 65.3 cm³/mol. The van der Waals surface area contributed by atoms with E-state index in [-0.39, 0.29) is 18.0 Å². The summed E-state index contributed by atoms with van der Waals surface area (Å²) in [5.41, 5.74) is 0.368. The molecule has 1 aliphatic rings. The van der Waals surface area contributed by atoms with Crippen molar-refractivity contribution in [3.63, 3.8) is 0 Å². The number of hydrogen-bond acceptors (Lipinski definition) is 4. The highest BCUT2D eigenvalue weighted by Gasteiger charge is 2.43. The minimum absolute atomic E-state index is 0.110. The second kappa shape index (κ2) is 4.99. The van der Waals surface area contributed by atoms with Crippen LogP contribution in [0.4, 0.5) is 4.53 Å². The van der Waals surface area contributed by atoms with E-state index >= 15 is 0 Å². The van der Waals surface area contributed by atoms with Gasteiger partial charge in [0.1, 0.15) is 5.75 Å². The molecule has 1 aromatic rings. The van der Waals surface area contributed by atoms with E-state index in [2.05, 4.69) is 4.94 Å². The van der Waals surface area contributed by atoms with Crippen LogP contribution in [0.25, 0.3) is 0 Å². The van der Waals surface area contributed by atoms with Gasteiger partial charge in [-0.2, -0.15) is 0 Å². The van der Waals surface area contributed by atoms with E-state index in [1.165, 1.54) is 6.07 Å². The van der Waals surface area contributed by atoms with Crippen molar-refractivity contribution in [2.24, 2.45) is 5.41 Å². The van der Waals surface area contributed by atoms with Gasteiger partial charge < -0.3 is 5.11 Å². The van der Waals surface area contributed by atoms with Gasteiger partial charge in [0, 0.05) is 15.5 Å². The first-order valence-corrected chi connectivity index (χ1v) is 6.20. The lowest BCUT2D eigenvalue weighted by Crippen LogP contribution is -2.37. The summed E-state index contributed by atoms with van der Waals surface area (Å²) in [6.45, 7) is 1.80. The fraction of sp³-hybridized carbons (Fsp3) is 0.429. The molecule has 1 aromatic carbocycles. The van der Waals surface area contributed by atoms with Gasteiger partial charge >= 0.3 is 5.97 Å². The van der Waals surface area contributed by atoms with Gasteiger partial charge in [-0.25, -0.2) is 4.79 Å². The number of ketones is 1. The van der Waals surface area contributed by atoms with Gasteiger partial charge in [0.15, 0.2) is 5.78 Å². The Bertz CT molecular complexity index is 526. The Kier molecular flexibility index (Phi) is 3.55. The number of benzene rings is 1. The topological polar surface area (TPSA) is 63.6 Å². The number of aromatic hydroxyl groups is 1. The number of hydrogen-bond donors (Lipinski definition) is 1. The van der Waals surface area contributed by atoms with Crippen LogP contribution in [0.3, 0.4) is 0 Å². The first kappa shape index (κ1) is 13.5. The zero-order valence-corrected chi connectivity index (χ0v) is 10.6. The van der Waals surface area contributed by atoms with Gasteiger partial charge in [-0.3, -0.25) is 9.74 Å². The van der Waals surface area contributed by atoms with E-state index in [1.807, 2.05) is 0 Å². The molecule has 0 heterocycles. The Morgan fingerprint density at radius 1 is 1.53 bits per heavy atom. The monoisotopic (exact) mass is 266 g/mol. The van der Waals surface area contributed by atoms with Crippen LogP contribution in [0.2, 0.25) is 0 Å². The second-order valence-electron chi connectivity index (χ2n) is 4.93. The number of fused-ring (bicyclic) bond motifs is 1. The molecular formula is C14H15FO4. The highest BCUT2D eigenvalue weighted by atomic mass is 19.3. The van der Waals surface area contributed by atoms with Crippen molar-refractivity contribution in [1.82, 2.24) is 0 Å². The van der Waals surface area contributed by atoms with Crippen LogP contribution in [-0.4, -0.2) is 16.9 Å². The lowest BCUT2D eigenvalue weighted by molar-refractivity contribution is -0.186. The largest absolute Gasteiger partial charge is 0.508 e. The van der Waals surface area contributed by atoms with Crippen molar-refractivity contribution >= 4 is 11.8 Å². The van der Waals surface area contributed by atoms with E-state index < -0.39 is 11.4 Å². The summed E-state index contributed by atoms with van der Waals surface area (Å²) in [6, 6.07) is 4.55. The standard InChI is InChI=1S/C14H15FO4/c1-2-14(8-12(17)19-15)6-5-9-7-10(16)3-4-11(9)13(14)18/h3-4,7,16H,2,5-6,8H2,1H3. The number of phenols is 1. The van der Waals surface area contributed by atoms with Crippen LogP contribution < -0.4 is 0 Å². The second-order valence-corrected chi connectivity index (χ2v) is 4.93. The highest BCUT2D eigenvalue weighted by molar-refractivity contribution is 6.04. The molecule has 102 valence electrons. The molecular weight excluding hydrogens is 251 g/mol. The average Bonchev–Trinajstić information content (AvgIpc) is 2.42. The van der Waals surface area contributed by atoms with Gasteiger partial charge in [-0.05, 0) is 43.0 Å². The van der Waals surface area contributed by atoms with Crippen molar-refractivity contribution < 1.29 is 24.2 Å². The molecule has 5 heteroatoms. The summed E-state index contributed by atoms with van der Waals surface area (Å²) < 4.78 is 11.9. The number of halogens is 1. The number of carbonyl (C=O) groups excluding carboxylic acids is 2. The maximum Gasteiger partial charge on any atom is 0.349 e. The van der Waals surface area contributed by atoms with Gasteiger partial charge in [0.25, 0.3) is 0 Å². The van der Waals surface area contributed by atoms with Crippen LogP contribution in [-0.2, 0) is 16.2 Å². The number of aryl methyl sites for hydroxylation is 1. The summed E-state index contributed by atoms with van der Waals surface area (Å²) in [5.74, 6) is -1.09. The molecule has 2 rings (SSSR count). The number of carbonyl (C=O) groups is 2. The summed E-state index contributed by atoms with van der Waals surface area (Å²) in [5, 5.41) is 9.41. The Labute approximate surface area is 110 Å². The van der Waals surface area contributed by atoms with Crippen molar-refractivity contribution in [2.45, 2.75) is 32.6 Å². The van der Waals surface area contributed by atoms with Gasteiger partial charge in [0.2, 0.25) is 0 Å². The lowest BCUT2D eigenvalue weighted by atomic mass is 9.67. The SMILES string of the molecule is CCC1(CC(=O)OF)CCc2cc(O)ccc2C1=O. The van der Waals surface area contributed by atoms with Gasteiger partial charge in [-0.1, -0.05) is 6.92 Å².